The normalized spacial score (nSPS) is 20.2. The zero-order chi connectivity index (χ0) is 32.6. The molecule has 0 saturated carbocycles. The third kappa shape index (κ3) is 11.1. The van der Waals surface area contributed by atoms with E-state index in [1.807, 2.05) is 91.0 Å². The fourth-order valence-electron chi connectivity index (χ4n) is 4.85. The van der Waals surface area contributed by atoms with Crippen molar-refractivity contribution in [3.8, 4) is 0 Å². The van der Waals surface area contributed by atoms with Crippen LogP contribution in [0.4, 0.5) is 0 Å². The molecular weight excluding hydrogens is 592 g/mol. The summed E-state index contributed by atoms with van der Waals surface area (Å²) in [6.07, 6.45) is -4.41. The van der Waals surface area contributed by atoms with Gasteiger partial charge in [-0.1, -0.05) is 91.0 Å². The van der Waals surface area contributed by atoms with Gasteiger partial charge >= 0.3 is 11.9 Å². The standard InChI is InChI=1S/C36H42O10/c1-3-41-31(37)20-29(21-32(38)42-4-2)45-36-33(39)35(44-24-28-18-12-7-13-19-28)34(46-36)30(43-23-27-16-10-6-11-17-27)25-40-22-26-14-8-5-9-15-26/h5-20,30,33-36,39H,3-4,21-25H2,1-2H3/b29-20+/t30-,33-,34-,35-,36-/m1/s1. The monoisotopic (exact) mass is 634 g/mol. The summed E-state index contributed by atoms with van der Waals surface area (Å²) in [5, 5.41) is 11.5. The molecule has 0 spiro atoms. The maximum Gasteiger partial charge on any atom is 0.334 e. The minimum absolute atomic E-state index is 0.0782. The molecule has 0 amide bonds. The van der Waals surface area contributed by atoms with Gasteiger partial charge in [0.2, 0.25) is 6.29 Å². The first-order valence-electron chi connectivity index (χ1n) is 15.4. The second-order valence-corrected chi connectivity index (χ2v) is 10.5. The van der Waals surface area contributed by atoms with Crippen molar-refractivity contribution in [2.24, 2.45) is 0 Å². The molecule has 4 rings (SSSR count). The molecule has 1 heterocycles. The Bertz CT molecular complexity index is 1350. The summed E-state index contributed by atoms with van der Waals surface area (Å²) in [6, 6.07) is 28.9. The van der Waals surface area contributed by atoms with Gasteiger partial charge in [0.15, 0.2) is 0 Å². The molecule has 3 aromatic carbocycles. The summed E-state index contributed by atoms with van der Waals surface area (Å²) in [6.45, 7) is 4.50. The zero-order valence-corrected chi connectivity index (χ0v) is 26.2. The first kappa shape index (κ1) is 34.8. The zero-order valence-electron chi connectivity index (χ0n) is 26.2. The Hall–Kier alpha value is -4.06. The summed E-state index contributed by atoms with van der Waals surface area (Å²) in [5.74, 6) is -1.40. The predicted molar refractivity (Wildman–Crippen MR) is 168 cm³/mol. The van der Waals surface area contributed by atoms with Crippen molar-refractivity contribution in [2.75, 3.05) is 19.8 Å². The van der Waals surface area contributed by atoms with Gasteiger partial charge in [0.25, 0.3) is 0 Å². The molecule has 246 valence electrons. The van der Waals surface area contributed by atoms with Crippen LogP contribution in [0.25, 0.3) is 0 Å². The van der Waals surface area contributed by atoms with Crippen molar-refractivity contribution < 1.29 is 47.9 Å². The lowest BCUT2D eigenvalue weighted by molar-refractivity contribution is -0.180. The quantitative estimate of drug-likeness (QED) is 0.118. The van der Waals surface area contributed by atoms with E-state index in [1.165, 1.54) is 0 Å². The summed E-state index contributed by atoms with van der Waals surface area (Å²) < 4.78 is 41.1. The Morgan fingerprint density at radius 3 is 1.96 bits per heavy atom. The Kier molecular flexibility index (Phi) is 14.2. The lowest BCUT2D eigenvalue weighted by atomic mass is 10.1. The third-order valence-corrected chi connectivity index (χ3v) is 7.04. The highest BCUT2D eigenvalue weighted by molar-refractivity contribution is 5.84. The topological polar surface area (TPSA) is 119 Å². The Morgan fingerprint density at radius 1 is 0.804 bits per heavy atom. The minimum atomic E-state index is -1.32. The third-order valence-electron chi connectivity index (χ3n) is 7.04. The van der Waals surface area contributed by atoms with Crippen molar-refractivity contribution in [3.05, 3.63) is 120 Å². The van der Waals surface area contributed by atoms with E-state index in [1.54, 1.807) is 13.8 Å². The Labute approximate surface area is 269 Å². The highest BCUT2D eigenvalue weighted by Crippen LogP contribution is 2.32. The molecule has 1 aliphatic heterocycles. The van der Waals surface area contributed by atoms with E-state index >= 15 is 0 Å². The number of ether oxygens (including phenoxy) is 7. The summed E-state index contributed by atoms with van der Waals surface area (Å²) in [5.41, 5.74) is 2.82. The maximum atomic E-state index is 12.3. The molecular formula is C36H42O10. The number of hydrogen-bond donors (Lipinski definition) is 1. The van der Waals surface area contributed by atoms with Crippen molar-refractivity contribution in [2.45, 2.75) is 70.8 Å². The predicted octanol–water partition coefficient (Wildman–Crippen LogP) is 4.88. The van der Waals surface area contributed by atoms with Crippen molar-refractivity contribution >= 4 is 11.9 Å². The molecule has 0 bridgehead atoms. The molecule has 0 unspecified atom stereocenters. The second kappa shape index (κ2) is 18.8. The molecule has 1 fully saturated rings. The van der Waals surface area contributed by atoms with Gasteiger partial charge in [0.1, 0.15) is 36.6 Å². The number of carbonyl (C=O) groups excluding carboxylic acids is 2. The molecule has 0 radical (unpaired) electrons. The highest BCUT2D eigenvalue weighted by Gasteiger charge is 2.50. The molecule has 1 saturated heterocycles. The molecule has 46 heavy (non-hydrogen) atoms. The van der Waals surface area contributed by atoms with Crippen LogP contribution in [0.15, 0.2) is 103 Å². The fraction of sp³-hybridized carbons (Fsp3) is 0.389. The van der Waals surface area contributed by atoms with Crippen LogP contribution in [-0.4, -0.2) is 67.6 Å². The Balaban J connectivity index is 1.58. The van der Waals surface area contributed by atoms with Crippen molar-refractivity contribution in [1.82, 2.24) is 0 Å². The van der Waals surface area contributed by atoms with E-state index in [-0.39, 0.29) is 45.2 Å². The van der Waals surface area contributed by atoms with Gasteiger partial charge in [-0.15, -0.1) is 0 Å². The molecule has 1 N–H and O–H groups in total. The van der Waals surface area contributed by atoms with E-state index in [9.17, 15) is 14.7 Å². The van der Waals surface area contributed by atoms with Crippen LogP contribution >= 0.6 is 0 Å². The average Bonchev–Trinajstić information content (AvgIpc) is 3.37. The number of hydrogen-bond acceptors (Lipinski definition) is 10. The number of carbonyl (C=O) groups is 2. The van der Waals surface area contributed by atoms with Gasteiger partial charge in [-0.3, -0.25) is 4.79 Å². The molecule has 1 aliphatic rings. The van der Waals surface area contributed by atoms with Crippen LogP contribution in [0.2, 0.25) is 0 Å². The molecule has 0 aliphatic carbocycles. The average molecular weight is 635 g/mol. The minimum Gasteiger partial charge on any atom is -0.466 e. The van der Waals surface area contributed by atoms with E-state index in [4.69, 9.17) is 33.2 Å². The van der Waals surface area contributed by atoms with Gasteiger partial charge in [0.05, 0.1) is 45.7 Å². The van der Waals surface area contributed by atoms with E-state index in [0.29, 0.717) is 6.61 Å². The smallest absolute Gasteiger partial charge is 0.334 e. The number of esters is 2. The van der Waals surface area contributed by atoms with Crippen LogP contribution in [-0.2, 0) is 62.6 Å². The summed E-state index contributed by atoms with van der Waals surface area (Å²) in [7, 11) is 0. The van der Waals surface area contributed by atoms with Crippen molar-refractivity contribution in [1.29, 1.82) is 0 Å². The first-order valence-corrected chi connectivity index (χ1v) is 15.4. The largest absolute Gasteiger partial charge is 0.466 e. The lowest BCUT2D eigenvalue weighted by Gasteiger charge is -2.28. The SMILES string of the molecule is CCOC(=O)/C=C(\CC(=O)OCC)O[C@@H]1O[C@H]([C@@H](COCc2ccccc2)OCc2ccccc2)[C@H](OCc2ccccc2)[C@H]1O. The maximum absolute atomic E-state index is 12.3. The van der Waals surface area contributed by atoms with Crippen LogP contribution in [0, 0.1) is 0 Å². The van der Waals surface area contributed by atoms with E-state index < -0.39 is 42.6 Å². The Morgan fingerprint density at radius 2 is 1.37 bits per heavy atom. The number of benzene rings is 3. The van der Waals surface area contributed by atoms with Crippen LogP contribution < -0.4 is 0 Å². The fourth-order valence-corrected chi connectivity index (χ4v) is 4.85. The second-order valence-electron chi connectivity index (χ2n) is 10.5. The van der Waals surface area contributed by atoms with E-state index in [0.717, 1.165) is 22.8 Å². The van der Waals surface area contributed by atoms with E-state index in [2.05, 4.69) is 0 Å². The van der Waals surface area contributed by atoms with Gasteiger partial charge in [-0.2, -0.15) is 0 Å². The first-order chi connectivity index (χ1) is 22.5. The highest BCUT2D eigenvalue weighted by atomic mass is 16.7. The van der Waals surface area contributed by atoms with Crippen LogP contribution in [0.3, 0.4) is 0 Å². The molecule has 10 heteroatoms. The molecule has 10 nitrogen and oxygen atoms in total. The number of rotatable bonds is 18. The number of aliphatic hydroxyl groups is 1. The van der Waals surface area contributed by atoms with Gasteiger partial charge in [-0.25, -0.2) is 4.79 Å². The van der Waals surface area contributed by atoms with Crippen molar-refractivity contribution in [3.63, 3.8) is 0 Å². The summed E-state index contributed by atoms with van der Waals surface area (Å²) >= 11 is 0. The van der Waals surface area contributed by atoms with Gasteiger partial charge in [0, 0.05) is 0 Å². The lowest BCUT2D eigenvalue weighted by Crippen LogP contribution is -2.44. The van der Waals surface area contributed by atoms with Crippen LogP contribution in [0.1, 0.15) is 37.0 Å². The van der Waals surface area contributed by atoms with Gasteiger partial charge in [-0.05, 0) is 30.5 Å². The van der Waals surface area contributed by atoms with Crippen LogP contribution in [0.5, 0.6) is 0 Å². The molecule has 0 aromatic heterocycles. The molecule has 5 atom stereocenters. The number of aliphatic hydroxyl groups excluding tert-OH is 1. The van der Waals surface area contributed by atoms with Gasteiger partial charge < -0.3 is 38.3 Å². The summed E-state index contributed by atoms with van der Waals surface area (Å²) in [4.78, 5) is 24.6. The molecule has 3 aromatic rings.